The summed E-state index contributed by atoms with van der Waals surface area (Å²) in [7, 11) is 0. The van der Waals surface area contributed by atoms with Crippen molar-refractivity contribution in [3.8, 4) is 0 Å². The Bertz CT molecular complexity index is 248. The lowest BCUT2D eigenvalue weighted by Gasteiger charge is -2.35. The molecular formula is C17H32N2. The van der Waals surface area contributed by atoms with Gasteiger partial charge in [-0.3, -0.25) is 4.90 Å². The van der Waals surface area contributed by atoms with E-state index in [0.717, 1.165) is 18.0 Å². The summed E-state index contributed by atoms with van der Waals surface area (Å²) >= 11 is 0. The van der Waals surface area contributed by atoms with Crippen molar-refractivity contribution in [2.24, 2.45) is 5.92 Å². The van der Waals surface area contributed by atoms with Crippen molar-refractivity contribution in [1.82, 2.24) is 10.2 Å². The van der Waals surface area contributed by atoms with E-state index in [1.54, 1.807) is 0 Å². The van der Waals surface area contributed by atoms with Gasteiger partial charge in [-0.05, 0) is 51.0 Å². The van der Waals surface area contributed by atoms with Gasteiger partial charge in [-0.15, -0.1) is 0 Å². The Morgan fingerprint density at radius 2 is 1.47 bits per heavy atom. The third-order valence-electron chi connectivity index (χ3n) is 5.40. The van der Waals surface area contributed by atoms with Crippen LogP contribution in [0, 0.1) is 5.92 Å². The van der Waals surface area contributed by atoms with Crippen molar-refractivity contribution in [1.29, 1.82) is 0 Å². The van der Waals surface area contributed by atoms with Crippen LogP contribution in [-0.2, 0) is 0 Å². The highest BCUT2D eigenvalue weighted by atomic mass is 15.2. The monoisotopic (exact) mass is 264 g/mol. The zero-order chi connectivity index (χ0) is 12.9. The van der Waals surface area contributed by atoms with Crippen LogP contribution in [0.3, 0.4) is 0 Å². The zero-order valence-corrected chi connectivity index (χ0v) is 12.6. The molecule has 1 N–H and O–H groups in total. The lowest BCUT2D eigenvalue weighted by molar-refractivity contribution is 0.146. The van der Waals surface area contributed by atoms with Gasteiger partial charge in [0.05, 0.1) is 0 Å². The molecule has 110 valence electrons. The molecule has 0 spiro atoms. The van der Waals surface area contributed by atoms with Gasteiger partial charge in [-0.25, -0.2) is 0 Å². The molecule has 2 heteroatoms. The molecule has 0 aromatic heterocycles. The molecule has 2 nitrogen and oxygen atoms in total. The summed E-state index contributed by atoms with van der Waals surface area (Å²) in [4.78, 5) is 2.89. The molecular weight excluding hydrogens is 232 g/mol. The maximum Gasteiger partial charge on any atom is 0.0195 e. The Hall–Kier alpha value is -0.0800. The zero-order valence-electron chi connectivity index (χ0n) is 12.6. The van der Waals surface area contributed by atoms with Gasteiger partial charge < -0.3 is 5.32 Å². The summed E-state index contributed by atoms with van der Waals surface area (Å²) in [5.41, 5.74) is 0. The quantitative estimate of drug-likeness (QED) is 0.817. The molecule has 0 aromatic carbocycles. The Labute approximate surface area is 119 Å². The molecule has 2 saturated carbocycles. The average molecular weight is 264 g/mol. The molecule has 2 aliphatic carbocycles. The fourth-order valence-electron chi connectivity index (χ4n) is 4.00. The first kappa shape index (κ1) is 13.9. The van der Waals surface area contributed by atoms with Crippen molar-refractivity contribution in [3.05, 3.63) is 0 Å². The second kappa shape index (κ2) is 7.08. The summed E-state index contributed by atoms with van der Waals surface area (Å²) in [5, 5.41) is 3.71. The summed E-state index contributed by atoms with van der Waals surface area (Å²) < 4.78 is 0. The Kier molecular flexibility index (Phi) is 5.17. The number of nitrogens with one attached hydrogen (secondary N) is 1. The standard InChI is InChI=1S/C17H32N2/c1-2-4-8-17(9-5-3-1)19(13-15-10-11-15)14-16-7-6-12-18-16/h15-18H,1-14H2. The second-order valence-corrected chi connectivity index (χ2v) is 7.19. The maximum atomic E-state index is 3.71. The third-order valence-corrected chi connectivity index (χ3v) is 5.40. The number of hydrogen-bond donors (Lipinski definition) is 1. The van der Waals surface area contributed by atoms with Crippen molar-refractivity contribution in [2.45, 2.75) is 82.7 Å². The molecule has 1 saturated heterocycles. The molecule has 1 aliphatic heterocycles. The van der Waals surface area contributed by atoms with Gasteiger partial charge in [-0.1, -0.05) is 32.1 Å². The summed E-state index contributed by atoms with van der Waals surface area (Å²) in [6.45, 7) is 4.00. The van der Waals surface area contributed by atoms with Gasteiger partial charge in [0.1, 0.15) is 0 Å². The third kappa shape index (κ3) is 4.46. The Balaban J connectivity index is 1.55. The minimum absolute atomic E-state index is 0.796. The van der Waals surface area contributed by atoms with Crippen LogP contribution in [-0.4, -0.2) is 36.6 Å². The summed E-state index contributed by atoms with van der Waals surface area (Å²) in [6, 6.07) is 1.70. The van der Waals surface area contributed by atoms with E-state index in [1.807, 2.05) is 0 Å². The highest BCUT2D eigenvalue weighted by molar-refractivity contribution is 4.86. The van der Waals surface area contributed by atoms with Crippen molar-refractivity contribution in [2.75, 3.05) is 19.6 Å². The Morgan fingerprint density at radius 3 is 2.11 bits per heavy atom. The van der Waals surface area contributed by atoms with E-state index < -0.39 is 0 Å². The summed E-state index contributed by atoms with van der Waals surface area (Å²) in [6.07, 6.45) is 16.2. The van der Waals surface area contributed by atoms with E-state index >= 15 is 0 Å². The highest BCUT2D eigenvalue weighted by Crippen LogP contribution is 2.32. The molecule has 3 fully saturated rings. The lowest BCUT2D eigenvalue weighted by atomic mass is 9.95. The van der Waals surface area contributed by atoms with Crippen LogP contribution in [0.15, 0.2) is 0 Å². The molecule has 0 amide bonds. The Morgan fingerprint density at radius 1 is 0.737 bits per heavy atom. The smallest absolute Gasteiger partial charge is 0.0195 e. The van der Waals surface area contributed by atoms with Crippen LogP contribution >= 0.6 is 0 Å². The normalized spacial score (nSPS) is 30.5. The van der Waals surface area contributed by atoms with Gasteiger partial charge in [-0.2, -0.15) is 0 Å². The van der Waals surface area contributed by atoms with Crippen LogP contribution in [0.25, 0.3) is 0 Å². The predicted molar refractivity (Wildman–Crippen MR) is 81.4 cm³/mol. The van der Waals surface area contributed by atoms with Crippen LogP contribution in [0.5, 0.6) is 0 Å². The van der Waals surface area contributed by atoms with E-state index in [-0.39, 0.29) is 0 Å². The molecule has 19 heavy (non-hydrogen) atoms. The molecule has 0 bridgehead atoms. The highest BCUT2D eigenvalue weighted by Gasteiger charge is 2.30. The topological polar surface area (TPSA) is 15.3 Å². The first-order chi connectivity index (χ1) is 9.42. The van der Waals surface area contributed by atoms with Gasteiger partial charge >= 0.3 is 0 Å². The molecule has 3 rings (SSSR count). The fraction of sp³-hybridized carbons (Fsp3) is 1.00. The first-order valence-corrected chi connectivity index (χ1v) is 8.89. The second-order valence-electron chi connectivity index (χ2n) is 7.19. The average Bonchev–Trinajstić information content (AvgIpc) is 3.02. The molecule has 1 heterocycles. The van der Waals surface area contributed by atoms with E-state index in [0.29, 0.717) is 0 Å². The van der Waals surface area contributed by atoms with Crippen molar-refractivity contribution in [3.63, 3.8) is 0 Å². The van der Waals surface area contributed by atoms with Gasteiger partial charge in [0.25, 0.3) is 0 Å². The van der Waals surface area contributed by atoms with Crippen LogP contribution in [0.2, 0.25) is 0 Å². The molecule has 3 aliphatic rings. The first-order valence-electron chi connectivity index (χ1n) is 8.89. The van der Waals surface area contributed by atoms with E-state index in [4.69, 9.17) is 0 Å². The molecule has 1 atom stereocenters. The molecule has 0 aromatic rings. The minimum atomic E-state index is 0.796. The minimum Gasteiger partial charge on any atom is -0.313 e. The van der Waals surface area contributed by atoms with Gasteiger partial charge in [0, 0.05) is 25.2 Å². The van der Waals surface area contributed by atoms with E-state index in [9.17, 15) is 0 Å². The van der Waals surface area contributed by atoms with Crippen molar-refractivity contribution >= 4 is 0 Å². The largest absolute Gasteiger partial charge is 0.313 e. The van der Waals surface area contributed by atoms with Crippen LogP contribution in [0.4, 0.5) is 0 Å². The maximum absolute atomic E-state index is 3.71. The fourth-order valence-corrected chi connectivity index (χ4v) is 4.00. The number of nitrogens with zero attached hydrogens (tertiary/aromatic N) is 1. The van der Waals surface area contributed by atoms with E-state index in [2.05, 4.69) is 10.2 Å². The van der Waals surface area contributed by atoms with Crippen molar-refractivity contribution < 1.29 is 0 Å². The number of rotatable bonds is 5. The SMILES string of the molecule is C1CCCC(N(CC2CC2)CC2CCCN2)CCC1. The van der Waals surface area contributed by atoms with Crippen LogP contribution in [0.1, 0.15) is 70.6 Å². The lowest BCUT2D eigenvalue weighted by Crippen LogP contribution is -2.44. The molecule has 1 unspecified atom stereocenters. The molecule has 0 radical (unpaired) electrons. The summed E-state index contributed by atoms with van der Waals surface area (Å²) in [5.74, 6) is 1.05. The van der Waals surface area contributed by atoms with Gasteiger partial charge in [0.15, 0.2) is 0 Å². The van der Waals surface area contributed by atoms with E-state index in [1.165, 1.54) is 90.3 Å². The predicted octanol–water partition coefficient (Wildman–Crippen LogP) is 3.56. The van der Waals surface area contributed by atoms with Crippen LogP contribution < -0.4 is 5.32 Å². The van der Waals surface area contributed by atoms with Gasteiger partial charge in [0.2, 0.25) is 0 Å². The number of hydrogen-bond acceptors (Lipinski definition) is 2.